The Morgan fingerprint density at radius 3 is 2.65 bits per heavy atom. The number of benzene rings is 2. The van der Waals surface area contributed by atoms with Gasteiger partial charge in [-0.25, -0.2) is 4.39 Å². The lowest BCUT2D eigenvalue weighted by Crippen LogP contribution is -1.97. The Kier molecular flexibility index (Phi) is 3.33. The van der Waals surface area contributed by atoms with Crippen molar-refractivity contribution < 1.29 is 4.39 Å². The van der Waals surface area contributed by atoms with Crippen molar-refractivity contribution in [3.05, 3.63) is 52.3 Å². The quantitative estimate of drug-likeness (QED) is 0.814. The number of nitrogens with two attached hydrogens (primary N) is 1. The Morgan fingerprint density at radius 2 is 1.94 bits per heavy atom. The number of nitrogens with one attached hydrogen (secondary N) is 1. The third kappa shape index (κ3) is 2.97. The van der Waals surface area contributed by atoms with Crippen molar-refractivity contribution in [1.82, 2.24) is 0 Å². The zero-order valence-electron chi connectivity index (χ0n) is 9.30. The highest BCUT2D eigenvalue weighted by atomic mass is 79.9. The van der Waals surface area contributed by atoms with Crippen LogP contribution in [0.25, 0.3) is 0 Å². The summed E-state index contributed by atoms with van der Waals surface area (Å²) in [6, 6.07) is 10.1. The maximum absolute atomic E-state index is 13.1. The van der Waals surface area contributed by atoms with Gasteiger partial charge in [0.05, 0.1) is 11.4 Å². The van der Waals surface area contributed by atoms with Crippen molar-refractivity contribution in [2.45, 2.75) is 6.92 Å². The highest BCUT2D eigenvalue weighted by Crippen LogP contribution is 2.26. The largest absolute Gasteiger partial charge is 0.397 e. The van der Waals surface area contributed by atoms with Crippen LogP contribution in [0.3, 0.4) is 0 Å². The first-order valence-corrected chi connectivity index (χ1v) is 5.93. The van der Waals surface area contributed by atoms with Gasteiger partial charge < -0.3 is 11.1 Å². The zero-order valence-corrected chi connectivity index (χ0v) is 10.9. The molecule has 0 aliphatic carbocycles. The molecule has 2 nitrogen and oxygen atoms in total. The molecule has 3 N–H and O–H groups in total. The predicted molar refractivity (Wildman–Crippen MR) is 73.0 cm³/mol. The van der Waals surface area contributed by atoms with E-state index in [4.69, 9.17) is 5.73 Å². The van der Waals surface area contributed by atoms with E-state index in [0.717, 1.165) is 15.7 Å². The molecule has 88 valence electrons. The van der Waals surface area contributed by atoms with E-state index in [1.807, 2.05) is 25.1 Å². The van der Waals surface area contributed by atoms with Crippen LogP contribution < -0.4 is 11.1 Å². The lowest BCUT2D eigenvalue weighted by atomic mass is 10.2. The van der Waals surface area contributed by atoms with Crippen molar-refractivity contribution in [3.63, 3.8) is 0 Å². The molecule has 4 heteroatoms. The predicted octanol–water partition coefficient (Wildman–Crippen LogP) is 4.22. The van der Waals surface area contributed by atoms with Crippen LogP contribution in [0.5, 0.6) is 0 Å². The van der Waals surface area contributed by atoms with Gasteiger partial charge >= 0.3 is 0 Å². The summed E-state index contributed by atoms with van der Waals surface area (Å²) in [4.78, 5) is 0. The molecular formula is C13H12BrFN2. The van der Waals surface area contributed by atoms with Crippen molar-refractivity contribution >= 4 is 33.0 Å². The van der Waals surface area contributed by atoms with Crippen LogP contribution in [0, 0.1) is 12.7 Å². The summed E-state index contributed by atoms with van der Waals surface area (Å²) in [6.07, 6.45) is 0. The number of halogens is 2. The average Bonchev–Trinajstić information content (AvgIpc) is 2.22. The summed E-state index contributed by atoms with van der Waals surface area (Å²) < 4.78 is 14.1. The van der Waals surface area contributed by atoms with Crippen molar-refractivity contribution in [1.29, 1.82) is 0 Å². The van der Waals surface area contributed by atoms with Crippen LogP contribution in [-0.2, 0) is 0 Å². The SMILES string of the molecule is Cc1cc(Br)cc(Nc2cc(F)ccc2N)c1. The van der Waals surface area contributed by atoms with Crippen LogP contribution in [0.2, 0.25) is 0 Å². The van der Waals surface area contributed by atoms with E-state index < -0.39 is 0 Å². The number of hydrogen-bond acceptors (Lipinski definition) is 2. The van der Waals surface area contributed by atoms with E-state index >= 15 is 0 Å². The van der Waals surface area contributed by atoms with Gasteiger partial charge in [-0.3, -0.25) is 0 Å². The van der Waals surface area contributed by atoms with E-state index in [1.165, 1.54) is 12.1 Å². The molecule has 0 atom stereocenters. The van der Waals surface area contributed by atoms with Crippen LogP contribution >= 0.6 is 15.9 Å². The minimum Gasteiger partial charge on any atom is -0.397 e. The molecule has 0 saturated heterocycles. The number of anilines is 3. The molecule has 2 aromatic rings. The molecule has 0 unspecified atom stereocenters. The fourth-order valence-corrected chi connectivity index (χ4v) is 2.21. The van der Waals surface area contributed by atoms with Gasteiger partial charge in [0.1, 0.15) is 5.82 Å². The van der Waals surface area contributed by atoms with E-state index in [1.54, 1.807) is 6.07 Å². The molecule has 0 saturated carbocycles. The summed E-state index contributed by atoms with van der Waals surface area (Å²) in [6.45, 7) is 1.99. The molecular weight excluding hydrogens is 283 g/mol. The smallest absolute Gasteiger partial charge is 0.125 e. The Labute approximate surface area is 108 Å². The van der Waals surface area contributed by atoms with Crippen LogP contribution in [0.1, 0.15) is 5.56 Å². The zero-order chi connectivity index (χ0) is 12.4. The van der Waals surface area contributed by atoms with Crippen molar-refractivity contribution in [3.8, 4) is 0 Å². The summed E-state index contributed by atoms with van der Waals surface area (Å²) in [7, 11) is 0. The number of nitrogen functional groups attached to an aromatic ring is 1. The lowest BCUT2D eigenvalue weighted by Gasteiger charge is -2.10. The Bertz CT molecular complexity index is 535. The minimum absolute atomic E-state index is 0.312. The molecule has 0 aliphatic heterocycles. The highest BCUT2D eigenvalue weighted by molar-refractivity contribution is 9.10. The molecule has 0 amide bonds. The molecule has 2 rings (SSSR count). The van der Waals surface area contributed by atoms with Gasteiger partial charge in [-0.2, -0.15) is 0 Å². The standard InChI is InChI=1S/C13H12BrFN2/c1-8-4-9(14)6-11(5-8)17-13-7-10(15)2-3-12(13)16/h2-7,17H,16H2,1H3. The topological polar surface area (TPSA) is 38.0 Å². The first-order chi connectivity index (χ1) is 8.04. The second-order valence-corrected chi connectivity index (χ2v) is 4.79. The highest BCUT2D eigenvalue weighted by Gasteiger charge is 2.03. The van der Waals surface area contributed by atoms with E-state index in [2.05, 4.69) is 21.2 Å². The van der Waals surface area contributed by atoms with E-state index in [9.17, 15) is 4.39 Å². The molecule has 0 radical (unpaired) electrons. The normalized spacial score (nSPS) is 10.3. The van der Waals surface area contributed by atoms with Crippen molar-refractivity contribution in [2.75, 3.05) is 11.1 Å². The Morgan fingerprint density at radius 1 is 1.18 bits per heavy atom. The molecule has 0 bridgehead atoms. The lowest BCUT2D eigenvalue weighted by molar-refractivity contribution is 0.628. The van der Waals surface area contributed by atoms with E-state index in [-0.39, 0.29) is 5.82 Å². The van der Waals surface area contributed by atoms with Gasteiger partial charge in [0.25, 0.3) is 0 Å². The second-order valence-electron chi connectivity index (χ2n) is 3.87. The van der Waals surface area contributed by atoms with Gasteiger partial charge in [-0.15, -0.1) is 0 Å². The van der Waals surface area contributed by atoms with Crippen LogP contribution in [0.15, 0.2) is 40.9 Å². The number of rotatable bonds is 2. The fraction of sp³-hybridized carbons (Fsp3) is 0.0769. The average molecular weight is 295 g/mol. The van der Waals surface area contributed by atoms with Crippen LogP contribution in [0.4, 0.5) is 21.5 Å². The third-order valence-corrected chi connectivity index (χ3v) is 2.79. The molecule has 17 heavy (non-hydrogen) atoms. The van der Waals surface area contributed by atoms with Crippen molar-refractivity contribution in [2.24, 2.45) is 0 Å². The van der Waals surface area contributed by atoms with Gasteiger partial charge in [0.15, 0.2) is 0 Å². The summed E-state index contributed by atoms with van der Waals surface area (Å²) in [5, 5.41) is 3.10. The van der Waals surface area contributed by atoms with Crippen LogP contribution in [-0.4, -0.2) is 0 Å². The summed E-state index contributed by atoms with van der Waals surface area (Å²) >= 11 is 3.41. The maximum Gasteiger partial charge on any atom is 0.125 e. The first kappa shape index (κ1) is 11.9. The first-order valence-electron chi connectivity index (χ1n) is 5.14. The van der Waals surface area contributed by atoms with Gasteiger partial charge in [0.2, 0.25) is 0 Å². The molecule has 0 spiro atoms. The Hall–Kier alpha value is -1.55. The summed E-state index contributed by atoms with van der Waals surface area (Å²) in [5.74, 6) is -0.312. The molecule has 0 heterocycles. The fourth-order valence-electron chi connectivity index (χ4n) is 1.60. The molecule has 0 aliphatic rings. The summed E-state index contributed by atoms with van der Waals surface area (Å²) in [5.41, 5.74) is 8.84. The van der Waals surface area contributed by atoms with Gasteiger partial charge in [0, 0.05) is 10.2 Å². The van der Waals surface area contributed by atoms with E-state index in [0.29, 0.717) is 11.4 Å². The van der Waals surface area contributed by atoms with Gasteiger partial charge in [-0.1, -0.05) is 15.9 Å². The molecule has 0 fully saturated rings. The molecule has 2 aromatic carbocycles. The van der Waals surface area contributed by atoms with Gasteiger partial charge in [-0.05, 0) is 48.9 Å². The number of aryl methyl sites for hydroxylation is 1. The minimum atomic E-state index is -0.312. The second kappa shape index (κ2) is 4.75. The monoisotopic (exact) mass is 294 g/mol. The molecule has 0 aromatic heterocycles. The maximum atomic E-state index is 13.1. The number of hydrogen-bond donors (Lipinski definition) is 2. The Balaban J connectivity index is 2.34. The third-order valence-electron chi connectivity index (χ3n) is 2.34.